The minimum atomic E-state index is 0.493. The maximum Gasteiger partial charge on any atom is 0.178 e. The van der Waals surface area contributed by atoms with Crippen molar-refractivity contribution in [3.63, 3.8) is 0 Å². The van der Waals surface area contributed by atoms with Gasteiger partial charge >= 0.3 is 0 Å². The number of nitrogens with zero attached hydrogens (tertiary/aromatic N) is 4. The fourth-order valence-electron chi connectivity index (χ4n) is 2.42. The molecule has 114 valence electrons. The second-order valence-corrected chi connectivity index (χ2v) is 6.02. The van der Waals surface area contributed by atoms with Crippen LogP contribution in [-0.4, -0.2) is 61.4 Å². The van der Waals surface area contributed by atoms with Gasteiger partial charge in [0, 0.05) is 19.1 Å². The molecule has 1 saturated heterocycles. The largest absolute Gasteiger partial charge is 0.355 e. The van der Waals surface area contributed by atoms with Crippen LogP contribution in [0.15, 0.2) is 12.1 Å². The summed E-state index contributed by atoms with van der Waals surface area (Å²) in [5.74, 6) is 0.984. The Balaban J connectivity index is 0.000000774. The molecule has 0 bridgehead atoms. The van der Waals surface area contributed by atoms with E-state index in [0.717, 1.165) is 42.0 Å². The molecule has 0 radical (unpaired) electrons. The third-order valence-corrected chi connectivity index (χ3v) is 4.47. The van der Waals surface area contributed by atoms with Gasteiger partial charge in [-0.1, -0.05) is 11.3 Å². The minimum absolute atomic E-state index is 0.493. The van der Waals surface area contributed by atoms with Crippen molar-refractivity contribution in [2.24, 2.45) is 5.73 Å². The van der Waals surface area contributed by atoms with E-state index in [0.29, 0.717) is 11.0 Å². The zero-order valence-corrected chi connectivity index (χ0v) is 13.4. The summed E-state index contributed by atoms with van der Waals surface area (Å²) in [7, 11) is 5.73. The lowest BCUT2D eigenvalue weighted by Crippen LogP contribution is -2.31. The molecule has 7 heteroatoms. The van der Waals surface area contributed by atoms with Crippen LogP contribution in [0.4, 0.5) is 5.82 Å². The Morgan fingerprint density at radius 3 is 2.76 bits per heavy atom. The number of fused-ring (bicyclic) bond motifs is 1. The topological polar surface area (TPSA) is 75.3 Å². The van der Waals surface area contributed by atoms with Gasteiger partial charge < -0.3 is 15.5 Å². The fraction of sp³-hybridized carbons (Fsp3) is 0.500. The number of aromatic nitrogens is 2. The number of hydrogen-bond donors (Lipinski definition) is 1. The highest BCUT2D eigenvalue weighted by Crippen LogP contribution is 2.25. The van der Waals surface area contributed by atoms with Crippen molar-refractivity contribution in [2.45, 2.75) is 12.5 Å². The van der Waals surface area contributed by atoms with Crippen molar-refractivity contribution in [1.29, 1.82) is 0 Å². The second-order valence-electron chi connectivity index (χ2n) is 5.02. The second kappa shape index (κ2) is 6.93. The van der Waals surface area contributed by atoms with Crippen LogP contribution < -0.4 is 10.6 Å². The summed E-state index contributed by atoms with van der Waals surface area (Å²) in [5.41, 5.74) is 5.30. The standard InChI is InChI=1S/C13H16N4OS.CH5N/c1-16(2)9-5-6-17(7-9)11-4-3-10-13(15-11)19-12(8-18)14-10;1-2/h3-4,8-9H,5-7H2,1-2H3;2H2,1H3. The number of thiazole rings is 1. The molecular formula is C14H21N5OS. The maximum absolute atomic E-state index is 10.7. The number of aldehydes is 1. The Morgan fingerprint density at radius 1 is 1.38 bits per heavy atom. The van der Waals surface area contributed by atoms with Crippen molar-refractivity contribution in [1.82, 2.24) is 14.9 Å². The Morgan fingerprint density at radius 2 is 2.14 bits per heavy atom. The predicted molar refractivity (Wildman–Crippen MR) is 87.2 cm³/mol. The van der Waals surface area contributed by atoms with Crippen molar-refractivity contribution in [3.05, 3.63) is 17.1 Å². The summed E-state index contributed by atoms with van der Waals surface area (Å²) in [5, 5.41) is 0.493. The number of likely N-dealkylation sites (N-methyl/N-ethyl adjacent to an activating group) is 1. The normalized spacial score (nSPS) is 18.0. The molecule has 1 aliphatic heterocycles. The van der Waals surface area contributed by atoms with Gasteiger partial charge in [-0.05, 0) is 39.7 Å². The molecule has 1 unspecified atom stereocenters. The number of carbonyl (C=O) groups excluding carboxylic acids is 1. The molecule has 6 nitrogen and oxygen atoms in total. The van der Waals surface area contributed by atoms with Gasteiger partial charge in [-0.15, -0.1) is 0 Å². The Labute approximate surface area is 128 Å². The van der Waals surface area contributed by atoms with Crippen LogP contribution in [0.5, 0.6) is 0 Å². The highest BCUT2D eigenvalue weighted by atomic mass is 32.1. The first-order chi connectivity index (χ1) is 10.2. The number of anilines is 1. The first kappa shape index (κ1) is 15.8. The average molecular weight is 307 g/mol. The molecule has 0 aliphatic carbocycles. The van der Waals surface area contributed by atoms with Crippen molar-refractivity contribution in [2.75, 3.05) is 39.1 Å². The molecule has 3 heterocycles. The molecule has 2 aromatic heterocycles. The molecule has 21 heavy (non-hydrogen) atoms. The maximum atomic E-state index is 10.7. The highest BCUT2D eigenvalue weighted by molar-refractivity contribution is 7.19. The summed E-state index contributed by atoms with van der Waals surface area (Å²) >= 11 is 1.35. The van der Waals surface area contributed by atoms with E-state index in [1.54, 1.807) is 0 Å². The Hall–Kier alpha value is -1.57. The molecule has 0 spiro atoms. The molecule has 1 fully saturated rings. The van der Waals surface area contributed by atoms with E-state index in [2.05, 4.69) is 39.6 Å². The summed E-state index contributed by atoms with van der Waals surface area (Å²) in [6.45, 7) is 2.03. The van der Waals surface area contributed by atoms with Crippen molar-refractivity contribution in [3.8, 4) is 0 Å². The highest BCUT2D eigenvalue weighted by Gasteiger charge is 2.25. The third kappa shape index (κ3) is 3.37. The smallest absolute Gasteiger partial charge is 0.178 e. The van der Waals surface area contributed by atoms with Crippen LogP contribution in [0.25, 0.3) is 10.3 Å². The predicted octanol–water partition coefficient (Wildman–Crippen LogP) is 1.22. The van der Waals surface area contributed by atoms with Crippen LogP contribution in [-0.2, 0) is 0 Å². The van der Waals surface area contributed by atoms with Gasteiger partial charge in [0.1, 0.15) is 16.2 Å². The summed E-state index contributed by atoms with van der Waals surface area (Å²) < 4.78 is 0. The summed E-state index contributed by atoms with van der Waals surface area (Å²) in [6, 6.07) is 4.53. The van der Waals surface area contributed by atoms with Crippen LogP contribution in [0.1, 0.15) is 16.2 Å². The van der Waals surface area contributed by atoms with Crippen LogP contribution in [0.2, 0.25) is 0 Å². The molecule has 0 amide bonds. The van der Waals surface area contributed by atoms with Gasteiger partial charge in [0.2, 0.25) is 0 Å². The zero-order valence-electron chi connectivity index (χ0n) is 12.6. The molecular weight excluding hydrogens is 286 g/mol. The molecule has 2 N–H and O–H groups in total. The lowest BCUT2D eigenvalue weighted by molar-refractivity contribution is 0.112. The first-order valence-electron chi connectivity index (χ1n) is 6.89. The van der Waals surface area contributed by atoms with E-state index >= 15 is 0 Å². The number of carbonyl (C=O) groups is 1. The molecule has 0 saturated carbocycles. The Bertz CT molecular complexity index is 612. The van der Waals surface area contributed by atoms with Crippen molar-refractivity contribution < 1.29 is 4.79 Å². The van der Waals surface area contributed by atoms with Gasteiger partial charge in [0.25, 0.3) is 0 Å². The van der Waals surface area contributed by atoms with Gasteiger partial charge in [-0.3, -0.25) is 4.79 Å². The van der Waals surface area contributed by atoms with Gasteiger partial charge in [-0.2, -0.15) is 0 Å². The number of rotatable bonds is 3. The third-order valence-electron chi connectivity index (χ3n) is 3.58. The van der Waals surface area contributed by atoms with E-state index in [9.17, 15) is 4.79 Å². The SMILES string of the molecule is CN.CN(C)C1CCN(c2ccc3nc(C=O)sc3n2)C1. The first-order valence-corrected chi connectivity index (χ1v) is 7.71. The number of nitrogens with two attached hydrogens (primary N) is 1. The van der Waals surface area contributed by atoms with Gasteiger partial charge in [0.05, 0.1) is 0 Å². The van der Waals surface area contributed by atoms with Crippen LogP contribution >= 0.6 is 11.3 Å². The Kier molecular flexibility index (Phi) is 5.22. The minimum Gasteiger partial charge on any atom is -0.355 e. The fourth-order valence-corrected chi connectivity index (χ4v) is 3.17. The average Bonchev–Trinajstić information content (AvgIpc) is 3.15. The van der Waals surface area contributed by atoms with Gasteiger partial charge in [-0.25, -0.2) is 9.97 Å². The molecule has 3 rings (SSSR count). The summed E-state index contributed by atoms with van der Waals surface area (Å²) in [6.07, 6.45) is 1.94. The lowest BCUT2D eigenvalue weighted by Gasteiger charge is -2.20. The monoisotopic (exact) mass is 307 g/mol. The lowest BCUT2D eigenvalue weighted by atomic mass is 10.2. The van der Waals surface area contributed by atoms with E-state index in [1.165, 1.54) is 18.4 Å². The van der Waals surface area contributed by atoms with Gasteiger partial charge in [0.15, 0.2) is 11.3 Å². The van der Waals surface area contributed by atoms with E-state index in [1.807, 2.05) is 12.1 Å². The summed E-state index contributed by atoms with van der Waals surface area (Å²) in [4.78, 5) is 25.0. The zero-order chi connectivity index (χ0) is 15.4. The van der Waals surface area contributed by atoms with Crippen LogP contribution in [0.3, 0.4) is 0 Å². The van der Waals surface area contributed by atoms with E-state index in [4.69, 9.17) is 0 Å². The van der Waals surface area contributed by atoms with E-state index < -0.39 is 0 Å². The molecule has 0 aromatic carbocycles. The molecule has 1 aliphatic rings. The number of hydrogen-bond acceptors (Lipinski definition) is 7. The number of pyridine rings is 1. The quantitative estimate of drug-likeness (QED) is 0.859. The van der Waals surface area contributed by atoms with Crippen LogP contribution in [0, 0.1) is 0 Å². The molecule has 1 atom stereocenters. The molecule has 2 aromatic rings. The van der Waals surface area contributed by atoms with Crippen molar-refractivity contribution >= 4 is 33.8 Å². The van der Waals surface area contributed by atoms with E-state index in [-0.39, 0.29) is 0 Å².